The zero-order valence-electron chi connectivity index (χ0n) is 23.4. The number of rotatable bonds is 10. The van der Waals surface area contributed by atoms with Crippen LogP contribution in [-0.4, -0.2) is 95.0 Å². The number of likely N-dealkylation sites (N-methyl/N-ethyl adjacent to an activating group) is 1. The van der Waals surface area contributed by atoms with Crippen molar-refractivity contribution >= 4 is 31.5 Å². The van der Waals surface area contributed by atoms with E-state index in [-0.39, 0.29) is 29.4 Å². The minimum Gasteiger partial charge on any atom is -0.369 e. The van der Waals surface area contributed by atoms with Gasteiger partial charge in [0.05, 0.1) is 17.5 Å². The monoisotopic (exact) mass is 568 g/mol. The maximum atomic E-state index is 14.0. The van der Waals surface area contributed by atoms with E-state index >= 15 is 0 Å². The number of anilines is 1. The Hall–Kier alpha value is -1.69. The van der Waals surface area contributed by atoms with Gasteiger partial charge in [-0.05, 0) is 62.6 Å². The van der Waals surface area contributed by atoms with Gasteiger partial charge in [-0.1, -0.05) is 32.0 Å². The molecule has 1 aromatic carbocycles. The molecule has 4 rings (SSSR count). The molecule has 0 aromatic heterocycles. The van der Waals surface area contributed by atoms with E-state index in [0.29, 0.717) is 32.1 Å². The molecule has 0 unspecified atom stereocenters. The predicted molar refractivity (Wildman–Crippen MR) is 151 cm³/mol. The first kappa shape index (κ1) is 29.3. The molecule has 2 bridgehead atoms. The molecule has 1 aliphatic heterocycles. The number of piperazine rings is 1. The Labute approximate surface area is 228 Å². The number of carbonyl (C=O) groups excluding carboxylic acids is 1. The summed E-state index contributed by atoms with van der Waals surface area (Å²) in [6.07, 6.45) is 3.76. The van der Waals surface area contributed by atoms with Gasteiger partial charge in [-0.2, -0.15) is 4.31 Å². The summed E-state index contributed by atoms with van der Waals surface area (Å²) in [7, 11) is -5.03. The number of carbonyl (C=O) groups is 1. The Morgan fingerprint density at radius 1 is 1.13 bits per heavy atom. The van der Waals surface area contributed by atoms with Crippen molar-refractivity contribution in [3.63, 3.8) is 0 Å². The van der Waals surface area contributed by atoms with Gasteiger partial charge in [0, 0.05) is 49.6 Å². The second kappa shape index (κ2) is 10.4. The lowest BCUT2D eigenvalue weighted by Gasteiger charge is -2.48. The number of hydrogen-bond acceptors (Lipinski definition) is 7. The fourth-order valence-electron chi connectivity index (χ4n) is 7.57. The average molecular weight is 569 g/mol. The van der Waals surface area contributed by atoms with Gasteiger partial charge >= 0.3 is 0 Å². The fraction of sp³-hybridized carbons (Fsp3) is 0.741. The van der Waals surface area contributed by atoms with E-state index < -0.39 is 37.2 Å². The zero-order valence-corrected chi connectivity index (χ0v) is 25.0. The molecule has 1 saturated heterocycles. The first-order chi connectivity index (χ1) is 17.6. The van der Waals surface area contributed by atoms with E-state index in [1.165, 1.54) is 5.56 Å². The molecular formula is C27H44N4O5S2. The van der Waals surface area contributed by atoms with Crippen LogP contribution in [0.2, 0.25) is 0 Å². The van der Waals surface area contributed by atoms with Crippen molar-refractivity contribution in [1.29, 1.82) is 0 Å². The quantitative estimate of drug-likeness (QED) is 0.457. The normalized spacial score (nSPS) is 28.6. The Morgan fingerprint density at radius 2 is 1.76 bits per heavy atom. The van der Waals surface area contributed by atoms with E-state index in [1.807, 2.05) is 24.1 Å². The van der Waals surface area contributed by atoms with Gasteiger partial charge in [-0.3, -0.25) is 9.69 Å². The Kier molecular flexibility index (Phi) is 8.00. The molecular weight excluding hydrogens is 524 g/mol. The number of para-hydroxylation sites is 1. The third kappa shape index (κ3) is 5.36. The number of benzene rings is 1. The van der Waals surface area contributed by atoms with Crippen molar-refractivity contribution in [2.24, 2.45) is 22.5 Å². The molecule has 1 amide bonds. The molecule has 3 aliphatic rings. The number of hydrogen-bond donors (Lipinski definition) is 1. The summed E-state index contributed by atoms with van der Waals surface area (Å²) < 4.78 is 53.2. The molecule has 2 aliphatic carbocycles. The molecule has 1 aromatic rings. The van der Waals surface area contributed by atoms with E-state index in [9.17, 15) is 21.6 Å². The number of primary amides is 1. The summed E-state index contributed by atoms with van der Waals surface area (Å²) in [4.78, 5) is 16.6. The van der Waals surface area contributed by atoms with Crippen LogP contribution in [-0.2, 0) is 24.7 Å². The van der Waals surface area contributed by atoms with Gasteiger partial charge in [-0.15, -0.1) is 0 Å². The molecule has 3 fully saturated rings. The highest BCUT2D eigenvalue weighted by Gasteiger charge is 2.66. The second-order valence-electron chi connectivity index (χ2n) is 12.3. The number of aryl methyl sites for hydroxylation is 1. The van der Waals surface area contributed by atoms with Crippen molar-refractivity contribution in [2.45, 2.75) is 58.5 Å². The summed E-state index contributed by atoms with van der Waals surface area (Å²) in [6, 6.07) is 7.24. The van der Waals surface area contributed by atoms with Crippen molar-refractivity contribution in [2.75, 3.05) is 55.9 Å². The van der Waals surface area contributed by atoms with Crippen LogP contribution in [0.3, 0.4) is 0 Å². The van der Waals surface area contributed by atoms with Crippen LogP contribution in [0, 0.1) is 23.7 Å². The highest BCUT2D eigenvalue weighted by atomic mass is 32.2. The highest BCUT2D eigenvalue weighted by molar-refractivity contribution is 7.90. The molecule has 2 N–H and O–H groups in total. The van der Waals surface area contributed by atoms with Crippen LogP contribution in [0.5, 0.6) is 0 Å². The van der Waals surface area contributed by atoms with Crippen LogP contribution < -0.4 is 10.6 Å². The summed E-state index contributed by atoms with van der Waals surface area (Å²) in [5.74, 6) is -0.338. The lowest BCUT2D eigenvalue weighted by atomic mass is 9.68. The minimum absolute atomic E-state index is 0.0282. The molecule has 0 radical (unpaired) electrons. The van der Waals surface area contributed by atoms with Crippen LogP contribution in [0.1, 0.15) is 45.1 Å². The average Bonchev–Trinajstić information content (AvgIpc) is 3.18. The second-order valence-corrected chi connectivity index (χ2v) is 16.5. The topological polar surface area (TPSA) is 121 Å². The maximum absolute atomic E-state index is 14.0. The third-order valence-corrected chi connectivity index (χ3v) is 13.0. The van der Waals surface area contributed by atoms with Crippen molar-refractivity contribution in [3.05, 3.63) is 29.8 Å². The number of fused-ring (bicyclic) bond motifs is 2. The van der Waals surface area contributed by atoms with Crippen molar-refractivity contribution in [1.82, 2.24) is 9.21 Å². The Balaban J connectivity index is 1.55. The van der Waals surface area contributed by atoms with Gasteiger partial charge in [0.1, 0.15) is 9.84 Å². The summed E-state index contributed by atoms with van der Waals surface area (Å²) in [6.45, 7) is 8.57. The highest BCUT2D eigenvalue weighted by Crippen LogP contribution is 2.67. The standard InChI is InChI=1S/C27H44N4O5S2/c1-20-8-6-7-9-22(20)30-13-15-31(16-14-30)38(35,36)19-27-12-10-21(26(27,2)3)18-24(27)29(4)23(25(28)32)11-17-37(5,33)34/h6-9,21,23-24H,10-19H2,1-5H3,(H2,28,32)/t21-,23+,24+,27-/m1/s1. The summed E-state index contributed by atoms with van der Waals surface area (Å²) >= 11 is 0. The molecule has 38 heavy (non-hydrogen) atoms. The fourth-order valence-corrected chi connectivity index (χ4v) is 10.5. The molecule has 11 heteroatoms. The maximum Gasteiger partial charge on any atom is 0.234 e. The van der Waals surface area contributed by atoms with Crippen molar-refractivity contribution in [3.8, 4) is 0 Å². The van der Waals surface area contributed by atoms with Gasteiger partial charge in [-0.25, -0.2) is 16.8 Å². The van der Waals surface area contributed by atoms with Gasteiger partial charge in [0.15, 0.2) is 0 Å². The zero-order chi connectivity index (χ0) is 28.1. The van der Waals surface area contributed by atoms with Crippen LogP contribution in [0.15, 0.2) is 24.3 Å². The van der Waals surface area contributed by atoms with E-state index in [1.54, 1.807) is 4.31 Å². The predicted octanol–water partition coefficient (Wildman–Crippen LogP) is 1.86. The number of sulfone groups is 1. The SMILES string of the molecule is Cc1ccccc1N1CCN(S(=O)(=O)C[C@]23CC[C@H](C[C@@H]2N(C)[C@@H](CCS(C)(=O)=O)C(N)=O)C3(C)C)CC1. The number of amides is 1. The van der Waals surface area contributed by atoms with Crippen LogP contribution >= 0.6 is 0 Å². The third-order valence-electron chi connectivity index (χ3n) is 9.99. The van der Waals surface area contributed by atoms with Crippen LogP contribution in [0.4, 0.5) is 5.69 Å². The number of nitrogens with zero attached hydrogens (tertiary/aromatic N) is 3. The van der Waals surface area contributed by atoms with E-state index in [0.717, 1.165) is 31.2 Å². The molecule has 4 atom stereocenters. The lowest BCUT2D eigenvalue weighted by Crippen LogP contribution is -2.58. The van der Waals surface area contributed by atoms with Gasteiger partial charge < -0.3 is 10.6 Å². The first-order valence-corrected chi connectivity index (χ1v) is 17.2. The lowest BCUT2D eigenvalue weighted by molar-refractivity contribution is -0.124. The van der Waals surface area contributed by atoms with Crippen molar-refractivity contribution < 1.29 is 21.6 Å². The van der Waals surface area contributed by atoms with Gasteiger partial charge in [0.2, 0.25) is 15.9 Å². The number of nitrogens with two attached hydrogens (primary N) is 1. The Bertz CT molecular complexity index is 1260. The molecule has 214 valence electrons. The first-order valence-electron chi connectivity index (χ1n) is 13.6. The number of sulfonamides is 1. The minimum atomic E-state index is -3.58. The molecule has 2 saturated carbocycles. The molecule has 0 spiro atoms. The largest absolute Gasteiger partial charge is 0.369 e. The summed E-state index contributed by atoms with van der Waals surface area (Å²) in [5.41, 5.74) is 7.30. The Morgan fingerprint density at radius 3 is 2.32 bits per heavy atom. The smallest absolute Gasteiger partial charge is 0.234 e. The molecule has 9 nitrogen and oxygen atoms in total. The van der Waals surface area contributed by atoms with Crippen LogP contribution in [0.25, 0.3) is 0 Å². The molecule has 1 heterocycles. The van der Waals surface area contributed by atoms with E-state index in [2.05, 4.69) is 37.8 Å². The summed E-state index contributed by atoms with van der Waals surface area (Å²) in [5, 5.41) is 0. The van der Waals surface area contributed by atoms with Gasteiger partial charge in [0.25, 0.3) is 0 Å². The van der Waals surface area contributed by atoms with E-state index in [4.69, 9.17) is 5.73 Å².